The van der Waals surface area contributed by atoms with Gasteiger partial charge in [0.1, 0.15) is 12.1 Å². The van der Waals surface area contributed by atoms with E-state index in [0.29, 0.717) is 12.2 Å². The van der Waals surface area contributed by atoms with Crippen molar-refractivity contribution in [3.8, 4) is 11.4 Å². The number of benzene rings is 3. The fraction of sp³-hybridized carbons (Fsp3) is 0.130. The van der Waals surface area contributed by atoms with Crippen LogP contribution in [0.3, 0.4) is 0 Å². The van der Waals surface area contributed by atoms with Crippen molar-refractivity contribution >= 4 is 5.91 Å². The molecule has 1 amide bonds. The first-order valence-corrected chi connectivity index (χ1v) is 9.62. The van der Waals surface area contributed by atoms with Crippen molar-refractivity contribution in [3.63, 3.8) is 0 Å². The maximum Gasteiger partial charge on any atom is 0.258 e. The van der Waals surface area contributed by atoms with E-state index in [9.17, 15) is 4.79 Å². The highest BCUT2D eigenvalue weighted by Gasteiger charge is 2.15. The standard InChI is InChI=1S/C23H21N5O2/c29-23(16-30-21-13-11-20(12-14-21)28-17-24-26-27-28)25-22(19-9-5-2-6-10-19)15-18-7-3-1-4-8-18/h1-14,17,22H,15-16H2,(H,25,29). The molecule has 30 heavy (non-hydrogen) atoms. The number of nitrogens with one attached hydrogen (secondary N) is 1. The van der Waals surface area contributed by atoms with Gasteiger partial charge in [-0.15, -0.1) is 5.10 Å². The van der Waals surface area contributed by atoms with Gasteiger partial charge in [0.05, 0.1) is 11.7 Å². The van der Waals surface area contributed by atoms with Crippen molar-refractivity contribution in [2.24, 2.45) is 0 Å². The minimum Gasteiger partial charge on any atom is -0.484 e. The van der Waals surface area contributed by atoms with Gasteiger partial charge >= 0.3 is 0 Å². The van der Waals surface area contributed by atoms with Gasteiger partial charge in [0.15, 0.2) is 6.61 Å². The first-order valence-electron chi connectivity index (χ1n) is 9.62. The fourth-order valence-corrected chi connectivity index (χ4v) is 3.15. The van der Waals surface area contributed by atoms with Crippen LogP contribution < -0.4 is 10.1 Å². The first kappa shape index (κ1) is 19.3. The molecule has 7 heteroatoms. The molecule has 4 aromatic rings. The summed E-state index contributed by atoms with van der Waals surface area (Å²) in [6.45, 7) is -0.0671. The molecule has 1 aromatic heterocycles. The Kier molecular flexibility index (Phi) is 6.10. The van der Waals surface area contributed by atoms with Gasteiger partial charge in [0.2, 0.25) is 0 Å². The molecule has 0 saturated heterocycles. The summed E-state index contributed by atoms with van der Waals surface area (Å²) in [7, 11) is 0. The van der Waals surface area contributed by atoms with Crippen LogP contribution in [0.4, 0.5) is 0 Å². The SMILES string of the molecule is O=C(COc1ccc(-n2cnnn2)cc1)NC(Cc1ccccc1)c1ccccc1. The van der Waals surface area contributed by atoms with Gasteiger partial charge in [0.25, 0.3) is 5.91 Å². The molecule has 0 bridgehead atoms. The Labute approximate surface area is 174 Å². The molecule has 0 fully saturated rings. The molecular weight excluding hydrogens is 378 g/mol. The minimum absolute atomic E-state index is 0.0671. The smallest absolute Gasteiger partial charge is 0.258 e. The Morgan fingerprint density at radius 3 is 2.30 bits per heavy atom. The second-order valence-electron chi connectivity index (χ2n) is 6.76. The number of carbonyl (C=O) groups is 1. The number of rotatable bonds is 8. The van der Waals surface area contributed by atoms with Gasteiger partial charge in [-0.05, 0) is 52.2 Å². The molecule has 0 aliphatic carbocycles. The summed E-state index contributed by atoms with van der Waals surface area (Å²) in [6, 6.07) is 27.1. The summed E-state index contributed by atoms with van der Waals surface area (Å²) in [5.41, 5.74) is 3.02. The van der Waals surface area contributed by atoms with E-state index >= 15 is 0 Å². The van der Waals surface area contributed by atoms with E-state index in [-0.39, 0.29) is 18.6 Å². The lowest BCUT2D eigenvalue weighted by Gasteiger charge is -2.20. The highest BCUT2D eigenvalue weighted by atomic mass is 16.5. The second-order valence-corrected chi connectivity index (χ2v) is 6.76. The van der Waals surface area contributed by atoms with Crippen LogP contribution >= 0.6 is 0 Å². The minimum atomic E-state index is -0.177. The number of ether oxygens (including phenoxy) is 1. The van der Waals surface area contributed by atoms with Gasteiger partial charge in [-0.25, -0.2) is 4.68 Å². The number of aromatic nitrogens is 4. The zero-order chi connectivity index (χ0) is 20.6. The predicted molar refractivity (Wildman–Crippen MR) is 112 cm³/mol. The molecular formula is C23H21N5O2. The average molecular weight is 399 g/mol. The van der Waals surface area contributed by atoms with Gasteiger partial charge < -0.3 is 10.1 Å². The van der Waals surface area contributed by atoms with Gasteiger partial charge in [0, 0.05) is 0 Å². The Morgan fingerprint density at radius 2 is 1.63 bits per heavy atom. The molecule has 0 aliphatic heterocycles. The Hall–Kier alpha value is -4.00. The van der Waals surface area contributed by atoms with E-state index in [0.717, 1.165) is 16.8 Å². The third-order valence-electron chi connectivity index (χ3n) is 4.64. The van der Waals surface area contributed by atoms with Crippen LogP contribution in [0.2, 0.25) is 0 Å². The summed E-state index contributed by atoms with van der Waals surface area (Å²) in [6.07, 6.45) is 2.22. The molecule has 0 saturated carbocycles. The Morgan fingerprint density at radius 1 is 0.933 bits per heavy atom. The van der Waals surface area contributed by atoms with Crippen molar-refractivity contribution in [2.45, 2.75) is 12.5 Å². The van der Waals surface area contributed by atoms with Crippen LogP contribution in [0.25, 0.3) is 5.69 Å². The van der Waals surface area contributed by atoms with Crippen molar-refractivity contribution in [3.05, 3.63) is 102 Å². The molecule has 1 atom stereocenters. The zero-order valence-corrected chi connectivity index (χ0v) is 16.3. The molecule has 0 spiro atoms. The van der Waals surface area contributed by atoms with E-state index in [1.165, 1.54) is 6.33 Å². The van der Waals surface area contributed by atoms with Crippen molar-refractivity contribution in [2.75, 3.05) is 6.61 Å². The van der Waals surface area contributed by atoms with E-state index in [1.807, 2.05) is 60.7 Å². The molecule has 1 heterocycles. The van der Waals surface area contributed by atoms with E-state index in [2.05, 4.69) is 33.0 Å². The van der Waals surface area contributed by atoms with Crippen molar-refractivity contribution in [1.29, 1.82) is 0 Å². The third-order valence-corrected chi connectivity index (χ3v) is 4.64. The van der Waals surface area contributed by atoms with E-state index < -0.39 is 0 Å². The molecule has 1 unspecified atom stereocenters. The van der Waals surface area contributed by atoms with Crippen LogP contribution in [0.15, 0.2) is 91.3 Å². The summed E-state index contributed by atoms with van der Waals surface area (Å²) in [5, 5.41) is 14.2. The number of nitrogens with zero attached hydrogens (tertiary/aromatic N) is 4. The molecule has 0 aliphatic rings. The van der Waals surface area contributed by atoms with Crippen LogP contribution in [-0.2, 0) is 11.2 Å². The molecule has 7 nitrogen and oxygen atoms in total. The number of hydrogen-bond donors (Lipinski definition) is 1. The van der Waals surface area contributed by atoms with Crippen LogP contribution in [0.5, 0.6) is 5.75 Å². The third kappa shape index (κ3) is 5.08. The second kappa shape index (κ2) is 9.47. The summed E-state index contributed by atoms with van der Waals surface area (Å²) < 4.78 is 7.20. The fourth-order valence-electron chi connectivity index (χ4n) is 3.15. The maximum absolute atomic E-state index is 12.6. The maximum atomic E-state index is 12.6. The summed E-state index contributed by atoms with van der Waals surface area (Å²) in [5.74, 6) is 0.422. The quantitative estimate of drug-likeness (QED) is 0.492. The molecule has 150 valence electrons. The van der Waals surface area contributed by atoms with Crippen LogP contribution in [0.1, 0.15) is 17.2 Å². The van der Waals surface area contributed by atoms with Gasteiger partial charge in [-0.2, -0.15) is 0 Å². The number of hydrogen-bond acceptors (Lipinski definition) is 5. The Bertz CT molecular complexity index is 1050. The molecule has 1 N–H and O–H groups in total. The molecule has 3 aromatic carbocycles. The highest BCUT2D eigenvalue weighted by Crippen LogP contribution is 2.19. The van der Waals surface area contributed by atoms with Gasteiger partial charge in [-0.3, -0.25) is 4.79 Å². The predicted octanol–water partition coefficient (Wildman–Crippen LogP) is 3.14. The number of amides is 1. The lowest BCUT2D eigenvalue weighted by molar-refractivity contribution is -0.123. The van der Waals surface area contributed by atoms with Gasteiger partial charge in [-0.1, -0.05) is 60.7 Å². The lowest BCUT2D eigenvalue weighted by atomic mass is 9.99. The van der Waals surface area contributed by atoms with Crippen LogP contribution in [-0.4, -0.2) is 32.7 Å². The average Bonchev–Trinajstić information content (AvgIpc) is 3.34. The Balaban J connectivity index is 1.37. The lowest BCUT2D eigenvalue weighted by Crippen LogP contribution is -2.33. The molecule has 0 radical (unpaired) electrons. The van der Waals surface area contributed by atoms with Crippen LogP contribution in [0, 0.1) is 0 Å². The first-order chi connectivity index (χ1) is 14.8. The normalized spacial score (nSPS) is 11.6. The van der Waals surface area contributed by atoms with Crippen molar-refractivity contribution < 1.29 is 9.53 Å². The number of carbonyl (C=O) groups excluding carboxylic acids is 1. The molecule has 4 rings (SSSR count). The topological polar surface area (TPSA) is 81.9 Å². The van der Waals surface area contributed by atoms with E-state index in [4.69, 9.17) is 4.74 Å². The zero-order valence-electron chi connectivity index (χ0n) is 16.3. The summed E-state index contributed by atoms with van der Waals surface area (Å²) >= 11 is 0. The largest absolute Gasteiger partial charge is 0.484 e. The number of tetrazole rings is 1. The summed E-state index contributed by atoms with van der Waals surface area (Å²) in [4.78, 5) is 12.6. The van der Waals surface area contributed by atoms with Crippen molar-refractivity contribution in [1.82, 2.24) is 25.5 Å². The highest BCUT2D eigenvalue weighted by molar-refractivity contribution is 5.78. The monoisotopic (exact) mass is 399 g/mol. The van der Waals surface area contributed by atoms with E-state index in [1.54, 1.807) is 16.8 Å².